The van der Waals surface area contributed by atoms with Gasteiger partial charge in [0.15, 0.2) is 0 Å². The second kappa shape index (κ2) is 14.9. The van der Waals surface area contributed by atoms with Crippen LogP contribution in [0.15, 0.2) is 48.5 Å². The molecular weight excluding hydrogens is 462 g/mol. The molecule has 1 aliphatic heterocycles. The predicted octanol–water partition coefficient (Wildman–Crippen LogP) is 5.19. The molecule has 0 bridgehead atoms. The smallest absolute Gasteiger partial charge is 0.251 e. The molecule has 2 amide bonds. The molecule has 37 heavy (non-hydrogen) atoms. The number of carbonyl (C=O) groups is 2. The van der Waals surface area contributed by atoms with Crippen molar-refractivity contribution < 1.29 is 14.7 Å². The molecular formula is C31H45N3O3. The first-order valence-electron chi connectivity index (χ1n) is 14.0. The first-order chi connectivity index (χ1) is 17.9. The number of benzene rings is 2. The lowest BCUT2D eigenvalue weighted by Gasteiger charge is -2.29. The third-order valence-electron chi connectivity index (χ3n) is 7.17. The van der Waals surface area contributed by atoms with Gasteiger partial charge in [-0.1, -0.05) is 63.4 Å². The molecule has 0 saturated heterocycles. The van der Waals surface area contributed by atoms with Crippen LogP contribution in [0.2, 0.25) is 0 Å². The van der Waals surface area contributed by atoms with Crippen LogP contribution in [0, 0.1) is 5.92 Å². The van der Waals surface area contributed by atoms with Gasteiger partial charge in [-0.05, 0) is 74.0 Å². The zero-order valence-electron chi connectivity index (χ0n) is 22.9. The lowest BCUT2D eigenvalue weighted by molar-refractivity contribution is -0.116. The van der Waals surface area contributed by atoms with Gasteiger partial charge in [0.2, 0.25) is 5.91 Å². The van der Waals surface area contributed by atoms with Crippen molar-refractivity contribution in [2.75, 3.05) is 31.1 Å². The first-order valence-corrected chi connectivity index (χ1v) is 14.0. The normalized spacial score (nSPS) is 16.4. The third kappa shape index (κ3) is 9.28. The predicted molar refractivity (Wildman–Crippen MR) is 151 cm³/mol. The van der Waals surface area contributed by atoms with Crippen LogP contribution in [0.25, 0.3) is 0 Å². The number of nitrogens with zero attached hydrogens (tertiary/aromatic N) is 2. The van der Waals surface area contributed by atoms with Crippen molar-refractivity contribution in [2.45, 2.75) is 78.3 Å². The van der Waals surface area contributed by atoms with Crippen LogP contribution >= 0.6 is 0 Å². The number of aliphatic hydroxyl groups excluding tert-OH is 1. The Morgan fingerprint density at radius 3 is 2.35 bits per heavy atom. The highest BCUT2D eigenvalue weighted by Gasteiger charge is 2.21. The van der Waals surface area contributed by atoms with Crippen molar-refractivity contribution in [3.05, 3.63) is 65.2 Å². The Morgan fingerprint density at radius 2 is 1.68 bits per heavy atom. The highest BCUT2D eigenvalue weighted by atomic mass is 16.3. The van der Waals surface area contributed by atoms with Crippen molar-refractivity contribution in [1.29, 1.82) is 0 Å². The maximum Gasteiger partial charge on any atom is 0.251 e. The molecule has 0 aliphatic carbocycles. The Balaban J connectivity index is 1.87. The molecule has 2 N–H and O–H groups in total. The standard InChI is InChI=1S/C31H45N3O3/c1-24(2)16-19-33-17-10-5-4-6-11-18-34(25(3)36)30-15-14-27(21-28(30)22-33)31(37)32-29(23-35)20-26-12-8-7-9-13-26/h7-9,12-15,21,24,29,35H,4-6,10-11,16-20,22-23H2,1-3H3,(H,32,37)/t29-/m0/s1. The molecule has 1 heterocycles. The molecule has 6 nitrogen and oxygen atoms in total. The number of amides is 2. The molecule has 0 radical (unpaired) electrons. The fraction of sp³-hybridized carbons (Fsp3) is 0.548. The molecule has 0 aromatic heterocycles. The number of aliphatic hydroxyl groups is 1. The Hall–Kier alpha value is -2.70. The molecule has 0 saturated carbocycles. The molecule has 2 aromatic rings. The molecule has 1 aliphatic rings. The number of rotatable bonds is 8. The van der Waals surface area contributed by atoms with Crippen molar-refractivity contribution in [1.82, 2.24) is 10.2 Å². The molecule has 0 spiro atoms. The van der Waals surface area contributed by atoms with Crippen molar-refractivity contribution in [2.24, 2.45) is 5.92 Å². The summed E-state index contributed by atoms with van der Waals surface area (Å²) in [7, 11) is 0. The fourth-order valence-electron chi connectivity index (χ4n) is 4.98. The van der Waals surface area contributed by atoms with Crippen LogP contribution in [0.4, 0.5) is 5.69 Å². The summed E-state index contributed by atoms with van der Waals surface area (Å²) < 4.78 is 0. The topological polar surface area (TPSA) is 72.9 Å². The zero-order chi connectivity index (χ0) is 26.6. The number of hydrogen-bond acceptors (Lipinski definition) is 4. The monoisotopic (exact) mass is 507 g/mol. The van der Waals surface area contributed by atoms with E-state index in [1.165, 1.54) is 19.3 Å². The van der Waals surface area contributed by atoms with Gasteiger partial charge in [0, 0.05) is 31.3 Å². The van der Waals surface area contributed by atoms with Gasteiger partial charge in [-0.15, -0.1) is 0 Å². The summed E-state index contributed by atoms with van der Waals surface area (Å²) in [6.07, 6.45) is 7.36. The molecule has 0 unspecified atom stereocenters. The maximum atomic E-state index is 13.3. The first kappa shape index (κ1) is 28.9. The van der Waals surface area contributed by atoms with Crippen LogP contribution < -0.4 is 10.2 Å². The van der Waals surface area contributed by atoms with Crippen LogP contribution in [-0.2, 0) is 17.8 Å². The summed E-state index contributed by atoms with van der Waals surface area (Å²) in [5.41, 5.74) is 3.54. The second-order valence-electron chi connectivity index (χ2n) is 10.8. The van der Waals surface area contributed by atoms with Gasteiger partial charge in [-0.2, -0.15) is 0 Å². The lowest BCUT2D eigenvalue weighted by atomic mass is 10.0. The minimum Gasteiger partial charge on any atom is -0.394 e. The number of fused-ring (bicyclic) bond motifs is 1. The minimum atomic E-state index is -0.368. The van der Waals surface area contributed by atoms with E-state index < -0.39 is 0 Å². The summed E-state index contributed by atoms with van der Waals surface area (Å²) in [5.74, 6) is 0.450. The highest BCUT2D eigenvalue weighted by molar-refractivity contribution is 5.97. The van der Waals surface area contributed by atoms with Gasteiger partial charge >= 0.3 is 0 Å². The van der Waals surface area contributed by atoms with E-state index in [2.05, 4.69) is 24.1 Å². The lowest BCUT2D eigenvalue weighted by Crippen LogP contribution is -2.39. The van der Waals surface area contributed by atoms with Crippen molar-refractivity contribution >= 4 is 17.5 Å². The average Bonchev–Trinajstić information content (AvgIpc) is 2.87. The summed E-state index contributed by atoms with van der Waals surface area (Å²) >= 11 is 0. The average molecular weight is 508 g/mol. The van der Waals surface area contributed by atoms with E-state index in [9.17, 15) is 14.7 Å². The summed E-state index contributed by atoms with van der Waals surface area (Å²) in [4.78, 5) is 30.3. The minimum absolute atomic E-state index is 0.0347. The highest BCUT2D eigenvalue weighted by Crippen LogP contribution is 2.26. The van der Waals surface area contributed by atoms with Crippen LogP contribution in [-0.4, -0.2) is 54.1 Å². The van der Waals surface area contributed by atoms with Crippen LogP contribution in [0.3, 0.4) is 0 Å². The van der Waals surface area contributed by atoms with Gasteiger partial charge < -0.3 is 15.3 Å². The molecule has 3 rings (SSSR count). The van der Waals surface area contributed by atoms with Gasteiger partial charge in [0.05, 0.1) is 12.6 Å². The second-order valence-corrected chi connectivity index (χ2v) is 10.8. The quantitative estimate of drug-likeness (QED) is 0.516. The summed E-state index contributed by atoms with van der Waals surface area (Å²) in [6, 6.07) is 15.2. The molecule has 202 valence electrons. The van der Waals surface area contributed by atoms with Crippen LogP contribution in [0.5, 0.6) is 0 Å². The Morgan fingerprint density at radius 1 is 0.973 bits per heavy atom. The van der Waals surface area contributed by atoms with Crippen molar-refractivity contribution in [3.63, 3.8) is 0 Å². The Bertz CT molecular complexity index is 992. The largest absolute Gasteiger partial charge is 0.394 e. The van der Waals surface area contributed by atoms with E-state index in [0.29, 0.717) is 31.0 Å². The molecule has 6 heteroatoms. The van der Waals surface area contributed by atoms with E-state index in [0.717, 1.165) is 49.2 Å². The number of carbonyl (C=O) groups excluding carboxylic acids is 2. The number of hydrogen-bond donors (Lipinski definition) is 2. The fourth-order valence-corrected chi connectivity index (χ4v) is 4.98. The number of anilines is 1. The van der Waals surface area contributed by atoms with E-state index in [-0.39, 0.29) is 24.5 Å². The SMILES string of the molecule is CC(=O)N1CCCCCCCN(CCC(C)C)Cc2cc(C(=O)N[C@H](CO)Cc3ccccc3)ccc21. The van der Waals surface area contributed by atoms with Gasteiger partial charge in [0.25, 0.3) is 5.91 Å². The number of nitrogens with one attached hydrogen (secondary N) is 1. The van der Waals surface area contributed by atoms with Crippen molar-refractivity contribution in [3.8, 4) is 0 Å². The van der Waals surface area contributed by atoms with E-state index in [1.807, 2.05) is 53.4 Å². The molecule has 2 aromatic carbocycles. The third-order valence-corrected chi connectivity index (χ3v) is 7.17. The summed E-state index contributed by atoms with van der Waals surface area (Å²) in [5, 5.41) is 12.9. The molecule has 1 atom stereocenters. The van der Waals surface area contributed by atoms with Gasteiger partial charge in [0.1, 0.15) is 0 Å². The van der Waals surface area contributed by atoms with E-state index in [1.54, 1.807) is 6.92 Å². The van der Waals surface area contributed by atoms with E-state index in [4.69, 9.17) is 0 Å². The van der Waals surface area contributed by atoms with Gasteiger partial charge in [-0.3, -0.25) is 14.5 Å². The zero-order valence-corrected chi connectivity index (χ0v) is 22.9. The summed E-state index contributed by atoms with van der Waals surface area (Å²) in [6.45, 7) is 9.41. The van der Waals surface area contributed by atoms with Gasteiger partial charge in [-0.25, -0.2) is 0 Å². The molecule has 0 fully saturated rings. The van der Waals surface area contributed by atoms with E-state index >= 15 is 0 Å². The van der Waals surface area contributed by atoms with Crippen LogP contribution in [0.1, 0.15) is 80.8 Å². The Kier molecular flexibility index (Phi) is 11.6. The Labute approximate surface area is 223 Å². The maximum absolute atomic E-state index is 13.3.